The lowest BCUT2D eigenvalue weighted by Crippen LogP contribution is -2.24. The Balaban J connectivity index is 1.77. The van der Waals surface area contributed by atoms with Gasteiger partial charge in [0, 0.05) is 22.3 Å². The number of aromatic nitrogens is 1. The molecule has 4 nitrogen and oxygen atoms in total. The zero-order valence-corrected chi connectivity index (χ0v) is 17.8. The topological polar surface area (TPSA) is 46.2 Å². The number of pyridine rings is 1. The van der Waals surface area contributed by atoms with E-state index in [1.165, 1.54) is 12.8 Å². The third kappa shape index (κ3) is 4.86. The number of hydrogen-bond acceptors (Lipinski definition) is 4. The highest BCUT2D eigenvalue weighted by atomic mass is 35.5. The summed E-state index contributed by atoms with van der Waals surface area (Å²) in [6, 6.07) is 11.9. The summed E-state index contributed by atoms with van der Waals surface area (Å²) in [6.07, 6.45) is 3.53. The number of anilines is 1. The van der Waals surface area contributed by atoms with Crippen LogP contribution in [0.25, 0.3) is 21.8 Å². The van der Waals surface area contributed by atoms with Crippen LogP contribution < -0.4 is 15.4 Å². The molecule has 0 bridgehead atoms. The van der Waals surface area contributed by atoms with Crippen LogP contribution in [0.15, 0.2) is 36.4 Å². The van der Waals surface area contributed by atoms with Crippen molar-refractivity contribution in [2.45, 2.75) is 33.1 Å². The Bertz CT molecular complexity index is 925. The Morgan fingerprint density at radius 3 is 2.57 bits per heavy atom. The minimum atomic E-state index is 0.699. The molecule has 150 valence electrons. The van der Waals surface area contributed by atoms with Crippen molar-refractivity contribution in [2.24, 2.45) is 5.92 Å². The molecule has 0 spiro atoms. The van der Waals surface area contributed by atoms with Crippen LogP contribution in [0.2, 0.25) is 5.02 Å². The van der Waals surface area contributed by atoms with Crippen LogP contribution >= 0.6 is 11.6 Å². The van der Waals surface area contributed by atoms with E-state index < -0.39 is 0 Å². The molecule has 2 aromatic carbocycles. The van der Waals surface area contributed by atoms with E-state index in [9.17, 15) is 0 Å². The minimum absolute atomic E-state index is 0.699. The molecule has 0 atom stereocenters. The van der Waals surface area contributed by atoms with E-state index >= 15 is 0 Å². The molecule has 0 unspecified atom stereocenters. The summed E-state index contributed by atoms with van der Waals surface area (Å²) >= 11 is 6.19. The summed E-state index contributed by atoms with van der Waals surface area (Å²) in [7, 11) is 1.69. The minimum Gasteiger partial charge on any atom is -0.497 e. The quantitative estimate of drug-likeness (QED) is 0.330. The Morgan fingerprint density at radius 2 is 1.82 bits per heavy atom. The Hall–Kier alpha value is -2.04. The van der Waals surface area contributed by atoms with Gasteiger partial charge in [-0.1, -0.05) is 38.3 Å². The molecule has 0 fully saturated rings. The van der Waals surface area contributed by atoms with Gasteiger partial charge >= 0.3 is 0 Å². The average molecular weight is 400 g/mol. The maximum atomic E-state index is 6.19. The molecule has 1 aromatic heterocycles. The summed E-state index contributed by atoms with van der Waals surface area (Å²) in [5.74, 6) is 1.61. The SMILES string of the molecule is CCC(CC)CNCCCNc1c2ccc(Cl)cc2nc2ccc(OC)cc12. The molecule has 28 heavy (non-hydrogen) atoms. The third-order valence-corrected chi connectivity index (χ3v) is 5.60. The lowest BCUT2D eigenvalue weighted by molar-refractivity contribution is 0.415. The molecule has 0 aliphatic rings. The van der Waals surface area contributed by atoms with Crippen LogP contribution in [0.4, 0.5) is 5.69 Å². The molecule has 0 amide bonds. The first-order valence-electron chi connectivity index (χ1n) is 10.2. The average Bonchev–Trinajstić information content (AvgIpc) is 2.72. The molecule has 0 aliphatic carbocycles. The molecule has 1 heterocycles. The molecule has 0 aliphatic heterocycles. The molecular weight excluding hydrogens is 370 g/mol. The van der Waals surface area contributed by atoms with Gasteiger partial charge in [-0.15, -0.1) is 0 Å². The van der Waals surface area contributed by atoms with Crippen LogP contribution in [0, 0.1) is 5.92 Å². The van der Waals surface area contributed by atoms with Gasteiger partial charge in [0.1, 0.15) is 5.75 Å². The fraction of sp³-hybridized carbons (Fsp3) is 0.435. The van der Waals surface area contributed by atoms with Crippen molar-refractivity contribution in [3.05, 3.63) is 41.4 Å². The molecule has 0 radical (unpaired) electrons. The van der Waals surface area contributed by atoms with E-state index in [-0.39, 0.29) is 0 Å². The van der Waals surface area contributed by atoms with Crippen LogP contribution in [-0.4, -0.2) is 31.7 Å². The van der Waals surface area contributed by atoms with Crippen molar-refractivity contribution in [3.8, 4) is 5.75 Å². The van der Waals surface area contributed by atoms with Gasteiger partial charge in [0.05, 0.1) is 23.8 Å². The van der Waals surface area contributed by atoms with Crippen molar-refractivity contribution >= 4 is 39.1 Å². The van der Waals surface area contributed by atoms with E-state index in [2.05, 4.69) is 24.5 Å². The van der Waals surface area contributed by atoms with Crippen LogP contribution in [0.5, 0.6) is 5.75 Å². The van der Waals surface area contributed by atoms with Gasteiger partial charge in [-0.25, -0.2) is 4.98 Å². The molecule has 3 rings (SSSR count). The molecule has 0 saturated carbocycles. The van der Waals surface area contributed by atoms with E-state index in [0.717, 1.165) is 65.2 Å². The van der Waals surface area contributed by atoms with E-state index in [4.69, 9.17) is 21.3 Å². The van der Waals surface area contributed by atoms with Crippen molar-refractivity contribution in [1.82, 2.24) is 10.3 Å². The fourth-order valence-electron chi connectivity index (χ4n) is 3.52. The lowest BCUT2D eigenvalue weighted by atomic mass is 10.0. The van der Waals surface area contributed by atoms with Crippen molar-refractivity contribution < 1.29 is 4.74 Å². The van der Waals surface area contributed by atoms with Crippen LogP contribution in [0.3, 0.4) is 0 Å². The monoisotopic (exact) mass is 399 g/mol. The number of halogens is 1. The van der Waals surface area contributed by atoms with Crippen molar-refractivity contribution in [1.29, 1.82) is 0 Å². The first-order chi connectivity index (χ1) is 13.7. The normalized spacial score (nSPS) is 11.5. The second kappa shape index (κ2) is 9.94. The summed E-state index contributed by atoms with van der Waals surface area (Å²) in [5, 5.41) is 10.1. The van der Waals surface area contributed by atoms with Crippen molar-refractivity contribution in [3.63, 3.8) is 0 Å². The van der Waals surface area contributed by atoms with Gasteiger partial charge < -0.3 is 15.4 Å². The highest BCUT2D eigenvalue weighted by Crippen LogP contribution is 2.34. The molecule has 5 heteroatoms. The van der Waals surface area contributed by atoms with Gasteiger partial charge in [0.25, 0.3) is 0 Å². The highest BCUT2D eigenvalue weighted by molar-refractivity contribution is 6.31. The first-order valence-corrected chi connectivity index (χ1v) is 10.6. The number of rotatable bonds is 10. The smallest absolute Gasteiger partial charge is 0.119 e. The second-order valence-corrected chi connectivity index (χ2v) is 7.63. The number of benzene rings is 2. The van der Waals surface area contributed by atoms with Gasteiger partial charge in [-0.05, 0) is 61.8 Å². The Labute approximate surface area is 172 Å². The maximum Gasteiger partial charge on any atom is 0.119 e. The Morgan fingerprint density at radius 1 is 1.00 bits per heavy atom. The van der Waals surface area contributed by atoms with Gasteiger partial charge in [-0.3, -0.25) is 0 Å². The van der Waals surface area contributed by atoms with Crippen LogP contribution in [-0.2, 0) is 0 Å². The van der Waals surface area contributed by atoms with E-state index in [1.807, 2.05) is 36.4 Å². The van der Waals surface area contributed by atoms with Crippen molar-refractivity contribution in [2.75, 3.05) is 32.1 Å². The number of ether oxygens (including phenoxy) is 1. The first kappa shape index (κ1) is 20.7. The predicted molar refractivity (Wildman–Crippen MR) is 121 cm³/mol. The van der Waals surface area contributed by atoms with E-state index in [0.29, 0.717) is 5.02 Å². The fourth-order valence-corrected chi connectivity index (χ4v) is 3.69. The molecular formula is C23H30ClN3O. The number of fused-ring (bicyclic) bond motifs is 2. The largest absolute Gasteiger partial charge is 0.497 e. The van der Waals surface area contributed by atoms with Gasteiger partial charge in [0.2, 0.25) is 0 Å². The number of nitrogens with one attached hydrogen (secondary N) is 2. The lowest BCUT2D eigenvalue weighted by Gasteiger charge is -2.15. The number of hydrogen-bond donors (Lipinski definition) is 2. The summed E-state index contributed by atoms with van der Waals surface area (Å²) in [6.45, 7) is 7.53. The second-order valence-electron chi connectivity index (χ2n) is 7.20. The standard InChI is InChI=1S/C23H30ClN3O/c1-4-16(5-2)15-25-11-6-12-26-23-19-9-7-17(24)13-22(19)27-21-10-8-18(28-3)14-20(21)23/h7-10,13-14,16,25H,4-6,11-12,15H2,1-3H3,(H,26,27). The zero-order chi connectivity index (χ0) is 19.9. The predicted octanol–water partition coefficient (Wildman–Crippen LogP) is 5.88. The maximum absolute atomic E-state index is 6.19. The van der Waals surface area contributed by atoms with Gasteiger partial charge in [0.15, 0.2) is 0 Å². The van der Waals surface area contributed by atoms with Crippen LogP contribution in [0.1, 0.15) is 33.1 Å². The molecule has 0 saturated heterocycles. The highest BCUT2D eigenvalue weighted by Gasteiger charge is 2.11. The zero-order valence-electron chi connectivity index (χ0n) is 17.0. The molecule has 2 N–H and O–H groups in total. The summed E-state index contributed by atoms with van der Waals surface area (Å²) in [5.41, 5.74) is 2.93. The molecule has 3 aromatic rings. The number of methoxy groups -OCH3 is 1. The van der Waals surface area contributed by atoms with E-state index in [1.54, 1.807) is 7.11 Å². The van der Waals surface area contributed by atoms with Gasteiger partial charge in [-0.2, -0.15) is 0 Å². The summed E-state index contributed by atoms with van der Waals surface area (Å²) < 4.78 is 5.42. The summed E-state index contributed by atoms with van der Waals surface area (Å²) in [4.78, 5) is 4.78. The number of nitrogens with zero attached hydrogens (tertiary/aromatic N) is 1. The Kier molecular flexibility index (Phi) is 7.35. The third-order valence-electron chi connectivity index (χ3n) is 5.36.